The third kappa shape index (κ3) is 2.07. The molecule has 4 rings (SSSR count). The largest absolute Gasteiger partial charge is 0.507 e. The number of hydrogen-bond acceptors (Lipinski definition) is 4. The SMILES string of the molecule is O=C1c2c(c(O)c3cccnc3c2O)CN1Cc1ccc(F)cc1. The molecule has 5 nitrogen and oxygen atoms in total. The van der Waals surface area contributed by atoms with E-state index < -0.39 is 0 Å². The lowest BCUT2D eigenvalue weighted by Crippen LogP contribution is -2.23. The lowest BCUT2D eigenvalue weighted by atomic mass is 10.0. The first-order chi connectivity index (χ1) is 11.6. The molecule has 1 aliphatic rings. The van der Waals surface area contributed by atoms with E-state index in [9.17, 15) is 19.4 Å². The first kappa shape index (κ1) is 14.4. The Labute approximate surface area is 136 Å². The molecular weight excluding hydrogens is 311 g/mol. The highest BCUT2D eigenvalue weighted by Gasteiger charge is 2.34. The number of nitrogens with zero attached hydrogens (tertiary/aromatic N) is 2. The van der Waals surface area contributed by atoms with Gasteiger partial charge in [0.25, 0.3) is 5.91 Å². The summed E-state index contributed by atoms with van der Waals surface area (Å²) in [6.45, 7) is 0.437. The van der Waals surface area contributed by atoms with Crippen LogP contribution in [0.3, 0.4) is 0 Å². The number of phenols is 2. The summed E-state index contributed by atoms with van der Waals surface area (Å²) in [4.78, 5) is 18.2. The molecule has 0 fully saturated rings. The van der Waals surface area contributed by atoms with Gasteiger partial charge in [0.2, 0.25) is 0 Å². The van der Waals surface area contributed by atoms with Crippen molar-refractivity contribution in [3.05, 3.63) is 65.1 Å². The van der Waals surface area contributed by atoms with Gasteiger partial charge in [0.15, 0.2) is 5.75 Å². The molecule has 0 unspecified atom stereocenters. The second-order valence-corrected chi connectivity index (χ2v) is 5.74. The highest BCUT2D eigenvalue weighted by molar-refractivity contribution is 6.08. The van der Waals surface area contributed by atoms with Crippen molar-refractivity contribution in [1.82, 2.24) is 9.88 Å². The second kappa shape index (κ2) is 5.19. The summed E-state index contributed by atoms with van der Waals surface area (Å²) >= 11 is 0. The molecule has 2 aromatic carbocycles. The van der Waals surface area contributed by atoms with Gasteiger partial charge in [0, 0.05) is 23.7 Å². The Kier molecular flexibility index (Phi) is 3.13. The van der Waals surface area contributed by atoms with Crippen LogP contribution in [0.5, 0.6) is 11.5 Å². The molecule has 0 bridgehead atoms. The monoisotopic (exact) mass is 324 g/mol. The predicted octanol–water partition coefficient (Wildman–Crippen LogP) is 2.94. The Hall–Kier alpha value is -3.15. The van der Waals surface area contributed by atoms with Crippen LogP contribution in [-0.2, 0) is 13.1 Å². The summed E-state index contributed by atoms with van der Waals surface area (Å²) in [6.07, 6.45) is 1.49. The minimum absolute atomic E-state index is 0.0409. The van der Waals surface area contributed by atoms with E-state index in [4.69, 9.17) is 0 Å². The molecule has 1 aliphatic heterocycles. The zero-order valence-electron chi connectivity index (χ0n) is 12.5. The molecule has 0 radical (unpaired) electrons. The van der Waals surface area contributed by atoms with Gasteiger partial charge in [-0.25, -0.2) is 4.39 Å². The van der Waals surface area contributed by atoms with Crippen molar-refractivity contribution in [2.75, 3.05) is 0 Å². The van der Waals surface area contributed by atoms with Gasteiger partial charge in [0.1, 0.15) is 17.1 Å². The van der Waals surface area contributed by atoms with Crippen LogP contribution >= 0.6 is 0 Å². The number of aromatic hydroxyl groups is 2. The standard InChI is InChI=1S/C18H13FN2O3/c19-11-5-3-10(4-6-11)8-21-9-13-14(18(21)24)17(23)15-12(16(13)22)2-1-7-20-15/h1-7,22-23H,8-9H2. The van der Waals surface area contributed by atoms with Crippen LogP contribution in [0.25, 0.3) is 10.9 Å². The smallest absolute Gasteiger partial charge is 0.258 e. The van der Waals surface area contributed by atoms with Crippen molar-refractivity contribution in [3.63, 3.8) is 0 Å². The minimum Gasteiger partial charge on any atom is -0.507 e. The lowest BCUT2D eigenvalue weighted by molar-refractivity contribution is 0.0764. The Morgan fingerprint density at radius 2 is 1.88 bits per heavy atom. The van der Waals surface area contributed by atoms with Gasteiger partial charge in [-0.3, -0.25) is 9.78 Å². The average molecular weight is 324 g/mol. The molecule has 0 atom stereocenters. The number of halogens is 1. The van der Waals surface area contributed by atoms with Gasteiger partial charge in [-0.05, 0) is 29.8 Å². The van der Waals surface area contributed by atoms with Crippen LogP contribution in [0.4, 0.5) is 4.39 Å². The molecule has 0 aliphatic carbocycles. The maximum absolute atomic E-state index is 13.0. The van der Waals surface area contributed by atoms with E-state index >= 15 is 0 Å². The van der Waals surface area contributed by atoms with E-state index in [1.165, 1.54) is 23.2 Å². The van der Waals surface area contributed by atoms with Crippen LogP contribution in [-0.4, -0.2) is 26.0 Å². The fourth-order valence-corrected chi connectivity index (χ4v) is 3.07. The van der Waals surface area contributed by atoms with E-state index in [2.05, 4.69) is 4.98 Å². The Morgan fingerprint density at radius 3 is 2.62 bits per heavy atom. The number of carbonyl (C=O) groups is 1. The first-order valence-corrected chi connectivity index (χ1v) is 7.41. The Balaban J connectivity index is 1.77. The Morgan fingerprint density at radius 1 is 1.12 bits per heavy atom. The zero-order valence-corrected chi connectivity index (χ0v) is 12.5. The van der Waals surface area contributed by atoms with Gasteiger partial charge in [0.05, 0.1) is 12.1 Å². The summed E-state index contributed by atoms with van der Waals surface area (Å²) in [6, 6.07) is 9.16. The number of phenolic OH excluding ortho intramolecular Hbond substituents is 2. The molecule has 1 aromatic heterocycles. The summed E-state index contributed by atoms with van der Waals surface area (Å²) in [5.41, 5.74) is 1.44. The molecule has 3 aromatic rings. The number of fused-ring (bicyclic) bond motifs is 2. The van der Waals surface area contributed by atoms with Crippen LogP contribution < -0.4 is 0 Å². The molecule has 1 amide bonds. The normalized spacial score (nSPS) is 13.5. The van der Waals surface area contributed by atoms with Crippen molar-refractivity contribution < 1.29 is 19.4 Å². The number of hydrogen-bond donors (Lipinski definition) is 2. The number of amides is 1. The summed E-state index contributed by atoms with van der Waals surface area (Å²) in [5, 5.41) is 21.3. The summed E-state index contributed by atoms with van der Waals surface area (Å²) < 4.78 is 13.0. The first-order valence-electron chi connectivity index (χ1n) is 7.41. The van der Waals surface area contributed by atoms with Crippen molar-refractivity contribution >= 4 is 16.8 Å². The van der Waals surface area contributed by atoms with Crippen molar-refractivity contribution in [1.29, 1.82) is 0 Å². The molecule has 24 heavy (non-hydrogen) atoms. The minimum atomic E-state index is -0.380. The summed E-state index contributed by atoms with van der Waals surface area (Å²) in [7, 11) is 0. The highest BCUT2D eigenvalue weighted by atomic mass is 19.1. The number of carbonyl (C=O) groups excluding carboxylic acids is 1. The molecule has 0 saturated carbocycles. The molecule has 120 valence electrons. The van der Waals surface area contributed by atoms with Crippen LogP contribution in [0.15, 0.2) is 42.6 Å². The van der Waals surface area contributed by atoms with Crippen molar-refractivity contribution in [2.24, 2.45) is 0 Å². The molecule has 2 N–H and O–H groups in total. The van der Waals surface area contributed by atoms with Crippen LogP contribution in [0, 0.1) is 5.82 Å². The second-order valence-electron chi connectivity index (χ2n) is 5.74. The maximum atomic E-state index is 13.0. The molecule has 0 saturated heterocycles. The van der Waals surface area contributed by atoms with E-state index in [1.807, 2.05) is 0 Å². The van der Waals surface area contributed by atoms with Crippen LogP contribution in [0.1, 0.15) is 21.5 Å². The van der Waals surface area contributed by atoms with Gasteiger partial charge in [-0.2, -0.15) is 0 Å². The van der Waals surface area contributed by atoms with E-state index in [0.717, 1.165) is 5.56 Å². The molecule has 2 heterocycles. The van der Waals surface area contributed by atoms with E-state index in [0.29, 0.717) is 10.9 Å². The van der Waals surface area contributed by atoms with Gasteiger partial charge < -0.3 is 15.1 Å². The third-order valence-electron chi connectivity index (χ3n) is 4.25. The topological polar surface area (TPSA) is 73.7 Å². The zero-order chi connectivity index (χ0) is 16.8. The molecule has 0 spiro atoms. The van der Waals surface area contributed by atoms with Gasteiger partial charge in [-0.1, -0.05) is 12.1 Å². The fraction of sp³-hybridized carbons (Fsp3) is 0.111. The predicted molar refractivity (Wildman–Crippen MR) is 85.1 cm³/mol. The van der Waals surface area contributed by atoms with Crippen molar-refractivity contribution in [2.45, 2.75) is 13.1 Å². The number of rotatable bonds is 2. The average Bonchev–Trinajstić information content (AvgIpc) is 2.92. The quantitative estimate of drug-likeness (QED) is 0.711. The number of pyridine rings is 1. The van der Waals surface area contributed by atoms with Gasteiger partial charge in [-0.15, -0.1) is 0 Å². The highest BCUT2D eigenvalue weighted by Crippen LogP contribution is 2.43. The van der Waals surface area contributed by atoms with Crippen LogP contribution in [0.2, 0.25) is 0 Å². The number of aromatic nitrogens is 1. The van der Waals surface area contributed by atoms with E-state index in [1.54, 1.807) is 24.3 Å². The number of benzene rings is 2. The molecule has 6 heteroatoms. The van der Waals surface area contributed by atoms with E-state index in [-0.39, 0.29) is 47.4 Å². The fourth-order valence-electron chi connectivity index (χ4n) is 3.07. The van der Waals surface area contributed by atoms with Crippen molar-refractivity contribution in [3.8, 4) is 11.5 Å². The lowest BCUT2D eigenvalue weighted by Gasteiger charge is -2.15. The Bertz CT molecular complexity index is 970. The third-order valence-corrected chi connectivity index (χ3v) is 4.25. The van der Waals surface area contributed by atoms with Gasteiger partial charge >= 0.3 is 0 Å². The summed E-state index contributed by atoms with van der Waals surface area (Å²) in [5.74, 6) is -0.983. The maximum Gasteiger partial charge on any atom is 0.258 e. The molecular formula is C18H13FN2O3.